The number of benzene rings is 1. The van der Waals surface area contributed by atoms with Crippen LogP contribution in [0.1, 0.15) is 47.1 Å². The summed E-state index contributed by atoms with van der Waals surface area (Å²) in [5.41, 5.74) is 2.49. The fourth-order valence-corrected chi connectivity index (χ4v) is 2.23. The molecule has 0 aromatic heterocycles. The van der Waals surface area contributed by atoms with Crippen LogP contribution in [-0.4, -0.2) is 11.4 Å². The molecule has 0 bridgehead atoms. The van der Waals surface area contributed by atoms with Crippen molar-refractivity contribution in [3.05, 3.63) is 35.4 Å². The molecular weight excluding hydrogens is 236 g/mol. The third kappa shape index (κ3) is 3.69. The molecule has 104 valence electrons. The Morgan fingerprint density at radius 3 is 1.74 bits per heavy atom. The van der Waals surface area contributed by atoms with Crippen molar-refractivity contribution in [2.24, 2.45) is 10.8 Å². The molecule has 0 atom stereocenters. The molecule has 0 radical (unpaired) electrons. The van der Waals surface area contributed by atoms with Crippen LogP contribution in [0.4, 0.5) is 0 Å². The number of carbonyl (C=O) groups excluding carboxylic acids is 1. The van der Waals surface area contributed by atoms with Crippen molar-refractivity contribution in [3.63, 3.8) is 0 Å². The summed E-state index contributed by atoms with van der Waals surface area (Å²) in [6.07, 6.45) is 0.966. The van der Waals surface area contributed by atoms with Crippen LogP contribution < -0.4 is 0 Å². The summed E-state index contributed by atoms with van der Waals surface area (Å²) in [5, 5.41) is 9.41. The molecule has 0 unspecified atom stereocenters. The van der Waals surface area contributed by atoms with E-state index in [1.807, 2.05) is 32.9 Å². The molecule has 1 aromatic carbocycles. The fraction of sp³-hybridized carbons (Fsp3) is 0.471. The number of phenolic OH excluding ortho intramolecular Hbond substituents is 1. The number of hydrogen-bond acceptors (Lipinski definition) is 2. The number of aldehydes is 1. The van der Waals surface area contributed by atoms with Gasteiger partial charge in [-0.3, -0.25) is 4.79 Å². The highest BCUT2D eigenvalue weighted by Gasteiger charge is 2.28. The highest BCUT2D eigenvalue weighted by Crippen LogP contribution is 2.41. The van der Waals surface area contributed by atoms with E-state index >= 15 is 0 Å². The lowest BCUT2D eigenvalue weighted by Gasteiger charge is -2.31. The molecule has 0 aliphatic carbocycles. The third-order valence-electron chi connectivity index (χ3n) is 3.10. The predicted molar refractivity (Wildman–Crippen MR) is 80.0 cm³/mol. The molecular formula is C17H24O2. The van der Waals surface area contributed by atoms with E-state index in [2.05, 4.69) is 20.8 Å². The van der Waals surface area contributed by atoms with E-state index in [1.165, 1.54) is 0 Å². The van der Waals surface area contributed by atoms with E-state index < -0.39 is 0 Å². The molecule has 0 amide bonds. The Bertz CT molecular complexity index is 479. The van der Waals surface area contributed by atoms with Crippen LogP contribution in [0.2, 0.25) is 0 Å². The molecule has 0 aliphatic rings. The zero-order chi connectivity index (χ0) is 14.8. The predicted octanol–water partition coefficient (Wildman–Crippen LogP) is 4.44. The Labute approximate surface area is 116 Å². The smallest absolute Gasteiger partial charge is 0.146 e. The molecule has 0 heterocycles. The van der Waals surface area contributed by atoms with Crippen LogP contribution in [-0.2, 0) is 4.79 Å². The van der Waals surface area contributed by atoms with Crippen LogP contribution in [0.25, 0.3) is 5.57 Å². The lowest BCUT2D eigenvalue weighted by molar-refractivity contribution is -0.105. The zero-order valence-electron chi connectivity index (χ0n) is 12.7. The van der Waals surface area contributed by atoms with Crippen LogP contribution in [0.15, 0.2) is 29.8 Å². The van der Waals surface area contributed by atoms with Gasteiger partial charge in [-0.1, -0.05) is 53.7 Å². The van der Waals surface area contributed by atoms with E-state index in [-0.39, 0.29) is 16.6 Å². The highest BCUT2D eigenvalue weighted by atomic mass is 16.3. The second kappa shape index (κ2) is 5.20. The molecule has 2 heteroatoms. The number of hydrogen-bond donors (Lipinski definition) is 1. The number of carbonyl (C=O) groups is 1. The van der Waals surface area contributed by atoms with Crippen molar-refractivity contribution in [2.45, 2.75) is 41.5 Å². The van der Waals surface area contributed by atoms with Gasteiger partial charge in [0.1, 0.15) is 12.0 Å². The summed E-state index contributed by atoms with van der Waals surface area (Å²) in [4.78, 5) is 11.6. The molecule has 2 nitrogen and oxygen atoms in total. The summed E-state index contributed by atoms with van der Waals surface area (Å²) in [7, 11) is 0. The maximum absolute atomic E-state index is 11.6. The van der Waals surface area contributed by atoms with Gasteiger partial charge in [0.2, 0.25) is 0 Å². The lowest BCUT2D eigenvalue weighted by Crippen LogP contribution is -2.19. The van der Waals surface area contributed by atoms with Gasteiger partial charge in [0, 0.05) is 5.57 Å². The van der Waals surface area contributed by atoms with Crippen molar-refractivity contribution in [3.8, 4) is 5.75 Å². The van der Waals surface area contributed by atoms with Gasteiger partial charge in [0.05, 0.1) is 0 Å². The van der Waals surface area contributed by atoms with Crippen molar-refractivity contribution in [1.82, 2.24) is 0 Å². The second-order valence-corrected chi connectivity index (χ2v) is 6.95. The quantitative estimate of drug-likeness (QED) is 0.630. The first-order chi connectivity index (χ1) is 8.57. The van der Waals surface area contributed by atoms with Crippen molar-refractivity contribution in [1.29, 1.82) is 0 Å². The average molecular weight is 260 g/mol. The van der Waals surface area contributed by atoms with Crippen molar-refractivity contribution in [2.75, 3.05) is 0 Å². The van der Waals surface area contributed by atoms with Gasteiger partial charge >= 0.3 is 0 Å². The first kappa shape index (κ1) is 15.5. The minimum absolute atomic E-state index is 0.138. The molecule has 0 saturated heterocycles. The molecule has 0 saturated carbocycles. The Balaban J connectivity index is 3.59. The summed E-state index contributed by atoms with van der Waals surface area (Å²) in [6, 6.07) is 7.05. The first-order valence-corrected chi connectivity index (χ1v) is 6.57. The number of phenols is 1. The molecule has 0 spiro atoms. The molecule has 0 aliphatic heterocycles. The van der Waals surface area contributed by atoms with Crippen molar-refractivity contribution < 1.29 is 9.90 Å². The molecule has 19 heavy (non-hydrogen) atoms. The van der Waals surface area contributed by atoms with E-state index in [0.29, 0.717) is 0 Å². The Morgan fingerprint density at radius 1 is 0.947 bits per heavy atom. The van der Waals surface area contributed by atoms with Crippen LogP contribution in [0.5, 0.6) is 5.75 Å². The Morgan fingerprint density at radius 2 is 1.42 bits per heavy atom. The van der Waals surface area contributed by atoms with Crippen molar-refractivity contribution >= 4 is 11.9 Å². The largest absolute Gasteiger partial charge is 0.508 e. The minimum atomic E-state index is -0.206. The van der Waals surface area contributed by atoms with Gasteiger partial charge in [-0.25, -0.2) is 0 Å². The zero-order valence-corrected chi connectivity index (χ0v) is 12.7. The van der Waals surface area contributed by atoms with Gasteiger partial charge in [-0.2, -0.15) is 0 Å². The Kier molecular flexibility index (Phi) is 4.24. The maximum Gasteiger partial charge on any atom is 0.146 e. The average Bonchev–Trinajstić information content (AvgIpc) is 2.24. The van der Waals surface area contributed by atoms with E-state index in [1.54, 1.807) is 12.1 Å². The first-order valence-electron chi connectivity index (χ1n) is 6.57. The summed E-state index contributed by atoms with van der Waals surface area (Å²) >= 11 is 0. The maximum atomic E-state index is 11.6. The topological polar surface area (TPSA) is 37.3 Å². The van der Waals surface area contributed by atoms with Crippen LogP contribution in [0.3, 0.4) is 0 Å². The SMILES string of the molecule is CC(C)(C)C(C=O)=C(c1ccc(O)cc1)C(C)(C)C. The Hall–Kier alpha value is -1.57. The van der Waals surface area contributed by atoms with Gasteiger partial charge in [0.15, 0.2) is 0 Å². The number of aromatic hydroxyl groups is 1. The third-order valence-corrected chi connectivity index (χ3v) is 3.10. The normalized spacial score (nSPS) is 14.0. The number of allylic oxidation sites excluding steroid dienone is 2. The van der Waals surface area contributed by atoms with Gasteiger partial charge in [-0.05, 0) is 34.1 Å². The summed E-state index contributed by atoms with van der Waals surface area (Å²) in [5.74, 6) is 0.237. The highest BCUT2D eigenvalue weighted by molar-refractivity contribution is 5.91. The van der Waals surface area contributed by atoms with Crippen LogP contribution >= 0.6 is 0 Å². The van der Waals surface area contributed by atoms with Gasteiger partial charge < -0.3 is 5.11 Å². The molecule has 1 N–H and O–H groups in total. The molecule has 0 fully saturated rings. The number of rotatable bonds is 2. The standard InChI is InChI=1S/C17H24O2/c1-16(2,3)14(11-18)15(17(4,5)6)12-7-9-13(19)10-8-12/h7-11,19H,1-6H3. The van der Waals surface area contributed by atoms with Gasteiger partial charge in [-0.15, -0.1) is 0 Å². The molecule has 1 rings (SSSR count). The van der Waals surface area contributed by atoms with E-state index in [0.717, 1.165) is 23.0 Å². The van der Waals surface area contributed by atoms with E-state index in [9.17, 15) is 9.90 Å². The minimum Gasteiger partial charge on any atom is -0.508 e. The second-order valence-electron chi connectivity index (χ2n) is 6.95. The lowest BCUT2D eigenvalue weighted by atomic mass is 9.73. The summed E-state index contributed by atoms with van der Waals surface area (Å²) < 4.78 is 0. The summed E-state index contributed by atoms with van der Waals surface area (Å²) in [6.45, 7) is 12.4. The van der Waals surface area contributed by atoms with Gasteiger partial charge in [0.25, 0.3) is 0 Å². The van der Waals surface area contributed by atoms with Crippen LogP contribution in [0, 0.1) is 10.8 Å². The van der Waals surface area contributed by atoms with E-state index in [4.69, 9.17) is 0 Å². The molecule has 1 aromatic rings. The monoisotopic (exact) mass is 260 g/mol. The fourth-order valence-electron chi connectivity index (χ4n) is 2.23.